The van der Waals surface area contributed by atoms with Crippen LogP contribution < -0.4 is 31.8 Å². The standard InChI is InChI=1S/C42H24O2P2S2/c43-45(31-17-9-3-10-18-31)37-28-36-38(27-35(37)41-39(45)25-33(47-41)23-21-29-13-5-1-6-14-29)46(44,32-19-11-4-12-20-32)40-26-34(48-42(36)40)24-22-30-15-7-2-8-16-30/h1-20,25-28H. The number of benzene rings is 5. The molecule has 2 unspecified atom stereocenters. The van der Waals surface area contributed by atoms with E-state index in [1.54, 1.807) is 22.7 Å². The van der Waals surface area contributed by atoms with E-state index in [2.05, 4.69) is 35.8 Å². The predicted octanol–water partition coefficient (Wildman–Crippen LogP) is 7.85. The van der Waals surface area contributed by atoms with E-state index in [1.165, 1.54) is 0 Å². The van der Waals surface area contributed by atoms with Crippen molar-refractivity contribution < 1.29 is 9.13 Å². The summed E-state index contributed by atoms with van der Waals surface area (Å²) in [6.45, 7) is 0. The topological polar surface area (TPSA) is 34.1 Å². The van der Waals surface area contributed by atoms with Crippen molar-refractivity contribution in [2.24, 2.45) is 0 Å². The minimum atomic E-state index is -3.25. The van der Waals surface area contributed by atoms with Crippen molar-refractivity contribution in [3.05, 3.63) is 166 Å². The molecule has 2 nitrogen and oxygen atoms in total. The van der Waals surface area contributed by atoms with E-state index in [-0.39, 0.29) is 0 Å². The Morgan fingerprint density at radius 2 is 0.750 bits per heavy atom. The van der Waals surface area contributed by atoms with Crippen LogP contribution in [0.2, 0.25) is 0 Å². The molecule has 9 rings (SSSR count). The van der Waals surface area contributed by atoms with Crippen molar-refractivity contribution >= 4 is 68.8 Å². The molecule has 0 saturated heterocycles. The lowest BCUT2D eigenvalue weighted by Crippen LogP contribution is -2.23. The van der Waals surface area contributed by atoms with Gasteiger partial charge in [0, 0.05) is 63.8 Å². The molecule has 2 aliphatic heterocycles. The molecule has 5 aromatic carbocycles. The summed E-state index contributed by atoms with van der Waals surface area (Å²) in [4.78, 5) is 3.61. The van der Waals surface area contributed by atoms with Crippen molar-refractivity contribution in [2.45, 2.75) is 0 Å². The molecule has 0 radical (unpaired) electrons. The number of hydrogen-bond acceptors (Lipinski definition) is 4. The van der Waals surface area contributed by atoms with E-state index in [0.29, 0.717) is 0 Å². The first-order valence-corrected chi connectivity index (χ1v) is 20.5. The lowest BCUT2D eigenvalue weighted by molar-refractivity contribution is 0.592. The minimum absolute atomic E-state index is 0.787. The first-order chi connectivity index (χ1) is 23.5. The Morgan fingerprint density at radius 3 is 1.12 bits per heavy atom. The Hall–Kier alpha value is -4.92. The van der Waals surface area contributed by atoms with Gasteiger partial charge in [-0.3, -0.25) is 0 Å². The molecule has 0 aliphatic carbocycles. The summed E-state index contributed by atoms with van der Waals surface area (Å²) < 4.78 is 31.3. The maximum Gasteiger partial charge on any atom is 0.173 e. The van der Waals surface area contributed by atoms with Gasteiger partial charge in [0.1, 0.15) is 0 Å². The van der Waals surface area contributed by atoms with Gasteiger partial charge in [0.25, 0.3) is 0 Å². The van der Waals surface area contributed by atoms with Gasteiger partial charge in [0.15, 0.2) is 14.3 Å². The van der Waals surface area contributed by atoms with Crippen LogP contribution in [0.3, 0.4) is 0 Å². The molecule has 48 heavy (non-hydrogen) atoms. The first kappa shape index (κ1) is 29.2. The molecular weight excluding hydrogens is 663 g/mol. The number of fused-ring (bicyclic) bond motifs is 6. The Morgan fingerprint density at radius 1 is 0.396 bits per heavy atom. The second-order valence-corrected chi connectivity index (χ2v) is 19.2. The highest BCUT2D eigenvalue weighted by Crippen LogP contribution is 2.59. The van der Waals surface area contributed by atoms with Gasteiger partial charge in [-0.15, -0.1) is 22.7 Å². The monoisotopic (exact) mass is 686 g/mol. The quantitative estimate of drug-likeness (QED) is 0.137. The summed E-state index contributed by atoms with van der Waals surface area (Å²) in [5, 5.41) is 4.80. The van der Waals surface area contributed by atoms with Crippen LogP contribution in [0, 0.1) is 23.7 Å². The highest BCUT2D eigenvalue weighted by molar-refractivity contribution is 7.88. The maximum absolute atomic E-state index is 15.6. The first-order valence-electron chi connectivity index (χ1n) is 15.5. The fourth-order valence-corrected chi connectivity index (χ4v) is 15.8. The lowest BCUT2D eigenvalue weighted by Gasteiger charge is -2.18. The molecule has 0 fully saturated rings. The van der Waals surface area contributed by atoms with Crippen molar-refractivity contribution in [1.29, 1.82) is 0 Å². The Bertz CT molecular complexity index is 2430. The summed E-state index contributed by atoms with van der Waals surface area (Å²) in [5.41, 5.74) is 3.64. The molecule has 226 valence electrons. The van der Waals surface area contributed by atoms with Gasteiger partial charge in [-0.05, 0) is 48.5 Å². The number of rotatable bonds is 2. The third-order valence-electron chi connectivity index (χ3n) is 8.83. The Kier molecular flexibility index (Phi) is 6.92. The van der Waals surface area contributed by atoms with Crippen LogP contribution >= 0.6 is 37.0 Å². The Labute approximate surface area is 287 Å². The van der Waals surface area contributed by atoms with Crippen LogP contribution in [0.15, 0.2) is 146 Å². The van der Waals surface area contributed by atoms with Crippen LogP contribution in [0.25, 0.3) is 20.9 Å². The molecule has 2 aromatic heterocycles. The van der Waals surface area contributed by atoms with Crippen LogP contribution in [0.1, 0.15) is 20.9 Å². The molecule has 6 heteroatoms. The zero-order valence-electron chi connectivity index (χ0n) is 25.4. The van der Waals surface area contributed by atoms with Crippen LogP contribution in [0.4, 0.5) is 0 Å². The number of hydrogen-bond donors (Lipinski definition) is 0. The van der Waals surface area contributed by atoms with Gasteiger partial charge in [-0.2, -0.15) is 0 Å². The van der Waals surface area contributed by atoms with E-state index in [0.717, 1.165) is 73.6 Å². The van der Waals surface area contributed by atoms with Crippen LogP contribution in [-0.4, -0.2) is 0 Å². The predicted molar refractivity (Wildman–Crippen MR) is 204 cm³/mol. The van der Waals surface area contributed by atoms with Gasteiger partial charge in [-0.25, -0.2) is 0 Å². The zero-order valence-corrected chi connectivity index (χ0v) is 28.8. The van der Waals surface area contributed by atoms with Crippen molar-refractivity contribution in [3.63, 3.8) is 0 Å². The lowest BCUT2D eigenvalue weighted by atomic mass is 10.1. The fraction of sp³-hybridized carbons (Fsp3) is 0. The van der Waals surface area contributed by atoms with Gasteiger partial charge in [0.05, 0.1) is 9.75 Å². The normalized spacial score (nSPS) is 18.0. The minimum Gasteiger partial charge on any atom is -0.309 e. The molecular formula is C42H24O2P2S2. The summed E-state index contributed by atoms with van der Waals surface area (Å²) in [6.07, 6.45) is 0. The maximum atomic E-state index is 15.6. The summed E-state index contributed by atoms with van der Waals surface area (Å²) >= 11 is 3.13. The van der Waals surface area contributed by atoms with Crippen molar-refractivity contribution in [1.82, 2.24) is 0 Å². The molecule has 0 saturated carbocycles. The molecule has 2 aliphatic rings. The molecule has 0 spiro atoms. The third-order valence-corrected chi connectivity index (χ3v) is 17.5. The third kappa shape index (κ3) is 4.50. The van der Waals surface area contributed by atoms with Crippen molar-refractivity contribution in [3.8, 4) is 44.6 Å². The van der Waals surface area contributed by atoms with E-state index in [4.69, 9.17) is 0 Å². The van der Waals surface area contributed by atoms with Gasteiger partial charge in [0.2, 0.25) is 0 Å². The molecule has 4 heterocycles. The largest absolute Gasteiger partial charge is 0.309 e. The summed E-state index contributed by atoms with van der Waals surface area (Å²) in [6, 6.07) is 47.5. The SMILES string of the molecule is O=P1(c2ccccc2)c2cc3c(cc2-c2sc(C#Cc4ccccc4)cc21)P(=O)(c1ccccc1)c1cc(C#Cc2ccccc2)sc1-3. The molecule has 0 amide bonds. The van der Waals surface area contributed by atoms with E-state index >= 15 is 9.13 Å². The molecule has 0 bridgehead atoms. The van der Waals surface area contributed by atoms with Crippen LogP contribution in [0.5, 0.6) is 0 Å². The van der Waals surface area contributed by atoms with Gasteiger partial charge < -0.3 is 9.13 Å². The van der Waals surface area contributed by atoms with E-state index < -0.39 is 14.3 Å². The molecule has 7 aromatic rings. The highest BCUT2D eigenvalue weighted by atomic mass is 32.1. The van der Waals surface area contributed by atoms with E-state index in [9.17, 15) is 0 Å². The second-order valence-electron chi connectivity index (χ2n) is 11.7. The smallest absolute Gasteiger partial charge is 0.173 e. The molecule has 0 N–H and O–H groups in total. The number of thiophene rings is 2. The van der Waals surface area contributed by atoms with Crippen molar-refractivity contribution in [2.75, 3.05) is 0 Å². The molecule has 2 atom stereocenters. The van der Waals surface area contributed by atoms with Gasteiger partial charge >= 0.3 is 0 Å². The summed E-state index contributed by atoms with van der Waals surface area (Å²) in [5.74, 6) is 13.2. The van der Waals surface area contributed by atoms with Crippen LogP contribution in [-0.2, 0) is 9.13 Å². The average molecular weight is 687 g/mol. The fourth-order valence-electron chi connectivity index (χ4n) is 6.60. The Balaban J connectivity index is 1.27. The van der Waals surface area contributed by atoms with E-state index in [1.807, 2.05) is 133 Å². The summed E-state index contributed by atoms with van der Waals surface area (Å²) in [7, 11) is -6.50. The highest BCUT2D eigenvalue weighted by Gasteiger charge is 2.47. The van der Waals surface area contributed by atoms with Gasteiger partial charge in [-0.1, -0.05) is 121 Å². The zero-order chi connectivity index (χ0) is 32.3. The second kappa shape index (κ2) is 11.4. The average Bonchev–Trinajstić information content (AvgIpc) is 3.88.